The fraction of sp³-hybridized carbons (Fsp3) is 0.600. The first-order chi connectivity index (χ1) is 5.91. The molecule has 0 aliphatic carbocycles. The van der Waals surface area contributed by atoms with Crippen LogP contribution in [0.15, 0.2) is 12.3 Å². The third-order valence-electron chi connectivity index (χ3n) is 1.92. The lowest BCUT2D eigenvalue weighted by atomic mass is 9.92. The van der Waals surface area contributed by atoms with E-state index >= 15 is 0 Å². The smallest absolute Gasteiger partial charge is 0.0729 e. The maximum atomic E-state index is 4.12. The molecule has 0 spiro atoms. The largest absolute Gasteiger partial charge is 0.376 e. The van der Waals surface area contributed by atoms with Crippen molar-refractivity contribution in [1.82, 2.24) is 10.2 Å². The molecular formula is C10H17N3. The van der Waals surface area contributed by atoms with Crippen LogP contribution < -0.4 is 4.90 Å². The van der Waals surface area contributed by atoms with Crippen LogP contribution in [0.4, 0.5) is 5.69 Å². The number of hydrogen-bond donors (Lipinski definition) is 0. The Kier molecular flexibility index (Phi) is 2.55. The maximum absolute atomic E-state index is 4.12. The predicted molar refractivity (Wildman–Crippen MR) is 55.1 cm³/mol. The van der Waals surface area contributed by atoms with E-state index in [-0.39, 0.29) is 5.41 Å². The summed E-state index contributed by atoms with van der Waals surface area (Å²) in [6.45, 7) is 6.41. The molecule has 3 nitrogen and oxygen atoms in total. The van der Waals surface area contributed by atoms with Gasteiger partial charge in [-0.05, 0) is 6.07 Å². The van der Waals surface area contributed by atoms with Crippen LogP contribution in [0.25, 0.3) is 0 Å². The highest BCUT2D eigenvalue weighted by atomic mass is 15.1. The Hall–Kier alpha value is -1.12. The molecular weight excluding hydrogens is 162 g/mol. The molecule has 0 radical (unpaired) electrons. The van der Waals surface area contributed by atoms with Crippen molar-refractivity contribution < 1.29 is 0 Å². The van der Waals surface area contributed by atoms with Gasteiger partial charge in [0.15, 0.2) is 0 Å². The summed E-state index contributed by atoms with van der Waals surface area (Å²) in [5, 5.41) is 8.10. The van der Waals surface area contributed by atoms with Crippen molar-refractivity contribution in [2.75, 3.05) is 19.0 Å². The van der Waals surface area contributed by atoms with Crippen molar-refractivity contribution in [3.63, 3.8) is 0 Å². The molecule has 3 heteroatoms. The van der Waals surface area contributed by atoms with Gasteiger partial charge >= 0.3 is 0 Å². The van der Waals surface area contributed by atoms with Crippen molar-refractivity contribution in [2.45, 2.75) is 26.2 Å². The predicted octanol–water partition coefficient (Wildman–Crippen LogP) is 1.84. The molecule has 0 saturated heterocycles. The summed E-state index contributed by atoms with van der Waals surface area (Å²) in [7, 11) is 4.01. The average molecular weight is 179 g/mol. The minimum atomic E-state index is 0.0685. The average Bonchev–Trinajstić information content (AvgIpc) is 2.03. The third-order valence-corrected chi connectivity index (χ3v) is 1.92. The summed E-state index contributed by atoms with van der Waals surface area (Å²) in [5.74, 6) is 0. The molecule has 0 aliphatic heterocycles. The van der Waals surface area contributed by atoms with Crippen molar-refractivity contribution in [3.8, 4) is 0 Å². The summed E-state index contributed by atoms with van der Waals surface area (Å²) >= 11 is 0. The molecule has 72 valence electrons. The Morgan fingerprint density at radius 3 is 2.31 bits per heavy atom. The van der Waals surface area contributed by atoms with Gasteiger partial charge in [-0.2, -0.15) is 10.2 Å². The lowest BCUT2D eigenvalue weighted by Gasteiger charge is -2.19. The first-order valence-corrected chi connectivity index (χ1v) is 4.42. The minimum absolute atomic E-state index is 0.0685. The Bertz CT molecular complexity index is 286. The monoisotopic (exact) mass is 179 g/mol. The first-order valence-electron chi connectivity index (χ1n) is 4.42. The number of hydrogen-bond acceptors (Lipinski definition) is 3. The van der Waals surface area contributed by atoms with Crippen LogP contribution in [0, 0.1) is 0 Å². The van der Waals surface area contributed by atoms with Gasteiger partial charge in [0, 0.05) is 19.5 Å². The van der Waals surface area contributed by atoms with Gasteiger partial charge in [0.2, 0.25) is 0 Å². The maximum Gasteiger partial charge on any atom is 0.0729 e. The topological polar surface area (TPSA) is 29.0 Å². The van der Waals surface area contributed by atoms with Crippen LogP contribution in [0.1, 0.15) is 26.5 Å². The van der Waals surface area contributed by atoms with E-state index in [0.717, 1.165) is 11.4 Å². The van der Waals surface area contributed by atoms with E-state index in [9.17, 15) is 0 Å². The zero-order valence-electron chi connectivity index (χ0n) is 9.00. The normalized spacial score (nSPS) is 11.5. The van der Waals surface area contributed by atoms with Gasteiger partial charge < -0.3 is 4.90 Å². The summed E-state index contributed by atoms with van der Waals surface area (Å²) in [5.41, 5.74) is 2.19. The zero-order valence-corrected chi connectivity index (χ0v) is 9.00. The highest BCUT2D eigenvalue weighted by Gasteiger charge is 2.16. The lowest BCUT2D eigenvalue weighted by molar-refractivity contribution is 0.558. The van der Waals surface area contributed by atoms with Gasteiger partial charge in [-0.3, -0.25) is 0 Å². The molecule has 0 aromatic carbocycles. The number of anilines is 1. The van der Waals surface area contributed by atoms with Crippen molar-refractivity contribution in [3.05, 3.63) is 18.0 Å². The van der Waals surface area contributed by atoms with Gasteiger partial charge in [0.25, 0.3) is 0 Å². The Balaban J connectivity index is 3.06. The molecule has 1 aromatic heterocycles. The van der Waals surface area contributed by atoms with E-state index in [1.807, 2.05) is 19.0 Å². The quantitative estimate of drug-likeness (QED) is 0.658. The van der Waals surface area contributed by atoms with Gasteiger partial charge in [0.1, 0.15) is 0 Å². The fourth-order valence-corrected chi connectivity index (χ4v) is 0.968. The second-order valence-electron chi connectivity index (χ2n) is 4.44. The fourth-order valence-electron chi connectivity index (χ4n) is 0.968. The van der Waals surface area contributed by atoms with Crippen LogP contribution >= 0.6 is 0 Å². The molecule has 0 saturated carbocycles. The first kappa shape index (κ1) is 9.96. The van der Waals surface area contributed by atoms with Crippen molar-refractivity contribution in [1.29, 1.82) is 0 Å². The number of nitrogens with zero attached hydrogens (tertiary/aromatic N) is 3. The summed E-state index contributed by atoms with van der Waals surface area (Å²) in [6, 6.07) is 2.08. The summed E-state index contributed by atoms with van der Waals surface area (Å²) < 4.78 is 0. The highest BCUT2D eigenvalue weighted by molar-refractivity contribution is 5.43. The second kappa shape index (κ2) is 3.32. The highest BCUT2D eigenvalue weighted by Crippen LogP contribution is 2.22. The van der Waals surface area contributed by atoms with E-state index in [0.29, 0.717) is 0 Å². The van der Waals surface area contributed by atoms with Crippen LogP contribution in [-0.2, 0) is 5.41 Å². The van der Waals surface area contributed by atoms with Gasteiger partial charge in [-0.25, -0.2) is 0 Å². The SMILES string of the molecule is CN(C)c1cnnc(C(C)(C)C)c1. The zero-order chi connectivity index (χ0) is 10.1. The molecule has 1 rings (SSSR count). The molecule has 0 N–H and O–H groups in total. The van der Waals surface area contributed by atoms with Gasteiger partial charge in [0.05, 0.1) is 17.6 Å². The standard InChI is InChI=1S/C10H17N3/c1-10(2,3)9-6-8(13(4)5)7-11-12-9/h6-7H,1-5H3. The molecule has 0 amide bonds. The Morgan fingerprint density at radius 2 is 1.85 bits per heavy atom. The van der Waals surface area contributed by atoms with Crippen LogP contribution in [0.2, 0.25) is 0 Å². The molecule has 0 aliphatic rings. The number of rotatable bonds is 1. The van der Waals surface area contributed by atoms with Crippen LogP contribution in [-0.4, -0.2) is 24.3 Å². The van der Waals surface area contributed by atoms with E-state index < -0.39 is 0 Å². The van der Waals surface area contributed by atoms with Gasteiger partial charge in [-0.1, -0.05) is 20.8 Å². The van der Waals surface area contributed by atoms with Crippen LogP contribution in [0.5, 0.6) is 0 Å². The minimum Gasteiger partial charge on any atom is -0.376 e. The second-order valence-corrected chi connectivity index (χ2v) is 4.44. The lowest BCUT2D eigenvalue weighted by Crippen LogP contribution is -2.17. The van der Waals surface area contributed by atoms with Crippen LogP contribution in [0.3, 0.4) is 0 Å². The third kappa shape index (κ3) is 2.41. The van der Waals surface area contributed by atoms with Crippen molar-refractivity contribution in [2.24, 2.45) is 0 Å². The van der Waals surface area contributed by atoms with E-state index in [2.05, 4.69) is 37.0 Å². The molecule has 13 heavy (non-hydrogen) atoms. The van der Waals surface area contributed by atoms with E-state index in [4.69, 9.17) is 0 Å². The number of aromatic nitrogens is 2. The Morgan fingerprint density at radius 1 is 1.23 bits per heavy atom. The molecule has 0 unspecified atom stereocenters. The van der Waals surface area contributed by atoms with E-state index in [1.165, 1.54) is 0 Å². The molecule has 0 atom stereocenters. The molecule has 1 heterocycles. The molecule has 1 aromatic rings. The Labute approximate surface area is 79.8 Å². The van der Waals surface area contributed by atoms with Crippen molar-refractivity contribution >= 4 is 5.69 Å². The van der Waals surface area contributed by atoms with Gasteiger partial charge in [-0.15, -0.1) is 0 Å². The molecule has 0 bridgehead atoms. The van der Waals surface area contributed by atoms with E-state index in [1.54, 1.807) is 6.20 Å². The summed E-state index contributed by atoms with van der Waals surface area (Å²) in [4.78, 5) is 2.03. The molecule has 0 fully saturated rings. The summed E-state index contributed by atoms with van der Waals surface area (Å²) in [6.07, 6.45) is 1.77.